The summed E-state index contributed by atoms with van der Waals surface area (Å²) >= 11 is 0. The van der Waals surface area contributed by atoms with Crippen molar-refractivity contribution in [3.05, 3.63) is 0 Å². The van der Waals surface area contributed by atoms with Crippen molar-refractivity contribution < 1.29 is 9.53 Å². The fraction of sp³-hybridized carbons (Fsp3) is 0.933. The molecule has 0 aromatic carbocycles. The van der Waals surface area contributed by atoms with E-state index in [1.807, 2.05) is 6.92 Å². The summed E-state index contributed by atoms with van der Waals surface area (Å²) in [6.07, 6.45) is 1.76. The predicted molar refractivity (Wildman–Crippen MR) is 80.3 cm³/mol. The minimum atomic E-state index is -0.605. The lowest BCUT2D eigenvalue weighted by Crippen LogP contribution is -2.55. The first kappa shape index (κ1) is 18.4. The van der Waals surface area contributed by atoms with Crippen molar-refractivity contribution in [2.75, 3.05) is 20.2 Å². The molecule has 0 aliphatic rings. The van der Waals surface area contributed by atoms with Crippen LogP contribution in [-0.4, -0.2) is 48.7 Å². The highest BCUT2D eigenvalue weighted by Gasteiger charge is 2.36. The molecule has 2 unspecified atom stereocenters. The van der Waals surface area contributed by atoms with Crippen LogP contribution in [0, 0.1) is 0 Å². The monoisotopic (exact) mass is 272 g/mol. The average Bonchev–Trinajstić information content (AvgIpc) is 2.35. The van der Waals surface area contributed by atoms with Gasteiger partial charge >= 0.3 is 5.97 Å². The Bertz CT molecular complexity index is 269. The normalized spacial score (nSPS) is 16.5. The van der Waals surface area contributed by atoms with Gasteiger partial charge in [0.1, 0.15) is 5.54 Å². The third-order valence-electron chi connectivity index (χ3n) is 3.70. The van der Waals surface area contributed by atoms with E-state index >= 15 is 0 Å². The van der Waals surface area contributed by atoms with Crippen molar-refractivity contribution in [1.29, 1.82) is 0 Å². The fourth-order valence-electron chi connectivity index (χ4n) is 2.75. The molecule has 0 saturated heterocycles. The van der Waals surface area contributed by atoms with E-state index < -0.39 is 5.54 Å². The molecule has 0 heterocycles. The Morgan fingerprint density at radius 2 is 1.89 bits per heavy atom. The molecule has 0 aliphatic carbocycles. The van der Waals surface area contributed by atoms with E-state index in [1.54, 1.807) is 0 Å². The largest absolute Gasteiger partial charge is 0.468 e. The molecule has 0 rings (SSSR count). The van der Waals surface area contributed by atoms with Crippen LogP contribution < -0.4 is 5.32 Å². The second-order valence-corrected chi connectivity index (χ2v) is 5.73. The molecule has 0 amide bonds. The third-order valence-corrected chi connectivity index (χ3v) is 3.70. The summed E-state index contributed by atoms with van der Waals surface area (Å²) in [5.74, 6) is -0.174. The van der Waals surface area contributed by atoms with E-state index in [9.17, 15) is 4.79 Å². The van der Waals surface area contributed by atoms with Gasteiger partial charge in [0.2, 0.25) is 0 Å². The topological polar surface area (TPSA) is 41.6 Å². The number of carbonyl (C=O) groups excluding carboxylic acids is 1. The molecule has 4 heteroatoms. The Hall–Kier alpha value is -0.610. The van der Waals surface area contributed by atoms with Gasteiger partial charge in [0.15, 0.2) is 0 Å². The van der Waals surface area contributed by atoms with E-state index in [0.717, 1.165) is 25.9 Å². The van der Waals surface area contributed by atoms with E-state index in [2.05, 4.69) is 44.8 Å². The quantitative estimate of drug-likeness (QED) is 0.655. The SMILES string of the molecule is CCCNC(C)(CC(C)N(CC)C(C)C)C(=O)OC. The Balaban J connectivity index is 4.84. The van der Waals surface area contributed by atoms with Crippen LogP contribution in [0.15, 0.2) is 0 Å². The molecule has 0 aliphatic heterocycles. The second-order valence-electron chi connectivity index (χ2n) is 5.73. The van der Waals surface area contributed by atoms with Gasteiger partial charge in [-0.15, -0.1) is 0 Å². The molecule has 0 fully saturated rings. The Morgan fingerprint density at radius 1 is 1.32 bits per heavy atom. The molecule has 19 heavy (non-hydrogen) atoms. The van der Waals surface area contributed by atoms with Gasteiger partial charge in [-0.05, 0) is 53.6 Å². The van der Waals surface area contributed by atoms with Crippen LogP contribution in [0.4, 0.5) is 0 Å². The lowest BCUT2D eigenvalue weighted by atomic mass is 9.92. The van der Waals surface area contributed by atoms with Crippen LogP contribution in [0.3, 0.4) is 0 Å². The van der Waals surface area contributed by atoms with Gasteiger partial charge < -0.3 is 10.1 Å². The molecular formula is C15H32N2O2. The van der Waals surface area contributed by atoms with E-state index in [0.29, 0.717) is 12.1 Å². The van der Waals surface area contributed by atoms with E-state index in [4.69, 9.17) is 4.74 Å². The Kier molecular flexibility index (Phi) is 8.26. The standard InChI is InChI=1S/C15H32N2O2/c1-8-10-16-15(6,14(18)19-7)11-13(5)17(9-2)12(3)4/h12-13,16H,8-11H2,1-7H3. The van der Waals surface area contributed by atoms with Gasteiger partial charge in [-0.2, -0.15) is 0 Å². The summed E-state index contributed by atoms with van der Waals surface area (Å²) in [6, 6.07) is 0.812. The molecule has 0 spiro atoms. The number of nitrogens with zero attached hydrogens (tertiary/aromatic N) is 1. The Labute approximate surface area is 118 Å². The molecule has 0 aromatic heterocycles. The fourth-order valence-corrected chi connectivity index (χ4v) is 2.75. The zero-order chi connectivity index (χ0) is 15.1. The van der Waals surface area contributed by atoms with Crippen LogP contribution in [0.2, 0.25) is 0 Å². The number of ether oxygens (including phenoxy) is 1. The van der Waals surface area contributed by atoms with Crippen molar-refractivity contribution in [2.45, 2.75) is 72.0 Å². The van der Waals surface area contributed by atoms with Crippen molar-refractivity contribution in [2.24, 2.45) is 0 Å². The van der Waals surface area contributed by atoms with Gasteiger partial charge in [0, 0.05) is 12.1 Å². The summed E-state index contributed by atoms with van der Waals surface area (Å²) in [4.78, 5) is 14.5. The molecule has 1 N–H and O–H groups in total. The average molecular weight is 272 g/mol. The van der Waals surface area contributed by atoms with E-state index in [1.165, 1.54) is 7.11 Å². The minimum Gasteiger partial charge on any atom is -0.468 e. The highest BCUT2D eigenvalue weighted by molar-refractivity contribution is 5.80. The first-order valence-corrected chi connectivity index (χ1v) is 7.41. The highest BCUT2D eigenvalue weighted by atomic mass is 16.5. The number of carbonyl (C=O) groups is 1. The molecule has 4 nitrogen and oxygen atoms in total. The maximum atomic E-state index is 12.1. The van der Waals surface area contributed by atoms with Crippen LogP contribution in [0.25, 0.3) is 0 Å². The van der Waals surface area contributed by atoms with Crippen LogP contribution in [0.5, 0.6) is 0 Å². The minimum absolute atomic E-state index is 0.174. The number of esters is 1. The molecule has 0 bridgehead atoms. The van der Waals surface area contributed by atoms with Gasteiger partial charge in [-0.25, -0.2) is 0 Å². The zero-order valence-corrected chi connectivity index (χ0v) is 13.7. The number of hydrogen-bond acceptors (Lipinski definition) is 4. The van der Waals surface area contributed by atoms with Crippen LogP contribution in [-0.2, 0) is 9.53 Å². The number of nitrogens with one attached hydrogen (secondary N) is 1. The zero-order valence-electron chi connectivity index (χ0n) is 13.7. The lowest BCUT2D eigenvalue weighted by molar-refractivity contribution is -0.149. The molecule has 2 atom stereocenters. The molecule has 0 radical (unpaired) electrons. The molecular weight excluding hydrogens is 240 g/mol. The summed E-state index contributed by atoms with van der Waals surface area (Å²) in [6.45, 7) is 14.6. The summed E-state index contributed by atoms with van der Waals surface area (Å²) in [7, 11) is 1.46. The molecule has 0 aromatic rings. The van der Waals surface area contributed by atoms with Gasteiger partial charge in [0.05, 0.1) is 7.11 Å². The maximum absolute atomic E-state index is 12.1. The summed E-state index contributed by atoms with van der Waals surface area (Å²) < 4.78 is 4.97. The van der Waals surface area contributed by atoms with E-state index in [-0.39, 0.29) is 5.97 Å². The lowest BCUT2D eigenvalue weighted by Gasteiger charge is -2.37. The first-order valence-electron chi connectivity index (χ1n) is 7.41. The third kappa shape index (κ3) is 5.49. The summed E-state index contributed by atoms with van der Waals surface area (Å²) in [5.41, 5.74) is -0.605. The number of methoxy groups -OCH3 is 1. The highest BCUT2D eigenvalue weighted by Crippen LogP contribution is 2.19. The smallest absolute Gasteiger partial charge is 0.325 e. The second kappa shape index (κ2) is 8.54. The number of rotatable bonds is 9. The van der Waals surface area contributed by atoms with Gasteiger partial charge in [-0.3, -0.25) is 9.69 Å². The molecule has 0 saturated carbocycles. The Morgan fingerprint density at radius 3 is 2.26 bits per heavy atom. The van der Waals surface area contributed by atoms with Crippen molar-refractivity contribution in [3.63, 3.8) is 0 Å². The van der Waals surface area contributed by atoms with Gasteiger partial charge in [-0.1, -0.05) is 13.8 Å². The maximum Gasteiger partial charge on any atom is 0.325 e. The van der Waals surface area contributed by atoms with Crippen LogP contribution in [0.1, 0.15) is 54.4 Å². The summed E-state index contributed by atoms with van der Waals surface area (Å²) in [5, 5.41) is 3.34. The molecule has 114 valence electrons. The van der Waals surface area contributed by atoms with Gasteiger partial charge in [0.25, 0.3) is 0 Å². The van der Waals surface area contributed by atoms with Crippen molar-refractivity contribution >= 4 is 5.97 Å². The predicted octanol–water partition coefficient (Wildman–Crippen LogP) is 2.43. The van der Waals surface area contributed by atoms with Crippen LogP contribution >= 0.6 is 0 Å². The number of hydrogen-bond donors (Lipinski definition) is 1. The first-order chi connectivity index (χ1) is 8.82. The van der Waals surface area contributed by atoms with Crippen molar-refractivity contribution in [1.82, 2.24) is 10.2 Å². The van der Waals surface area contributed by atoms with Crippen molar-refractivity contribution in [3.8, 4) is 0 Å².